The molecule has 0 aliphatic carbocycles. The monoisotopic (exact) mass is 407 g/mol. The molecule has 7 N–H and O–H groups in total. The second kappa shape index (κ2) is 8.95. The summed E-state index contributed by atoms with van der Waals surface area (Å²) in [5, 5.41) is 11.7. The molecule has 9 nitrogen and oxygen atoms in total. The Morgan fingerprint density at radius 1 is 1.33 bits per heavy atom. The van der Waals surface area contributed by atoms with Gasteiger partial charge in [0.1, 0.15) is 29.3 Å². The molecule has 1 aromatic carbocycles. The number of anilines is 1. The normalized spacial score (nSPS) is 13.8. The van der Waals surface area contributed by atoms with Gasteiger partial charge in [-0.25, -0.2) is 14.4 Å². The quantitative estimate of drug-likeness (QED) is 0.269. The molecule has 10 heteroatoms. The van der Waals surface area contributed by atoms with E-state index in [2.05, 4.69) is 20.1 Å². The Labute approximate surface area is 172 Å². The van der Waals surface area contributed by atoms with Gasteiger partial charge in [-0.3, -0.25) is 4.99 Å². The minimum absolute atomic E-state index is 0.177. The van der Waals surface area contributed by atoms with Crippen molar-refractivity contribution in [3.8, 4) is 0 Å². The molecule has 0 saturated carbocycles. The van der Waals surface area contributed by atoms with Crippen LogP contribution in [0, 0.1) is 11.2 Å². The molecule has 2 heterocycles. The summed E-state index contributed by atoms with van der Waals surface area (Å²) in [5.41, 5.74) is 14.3. The third-order valence-electron chi connectivity index (χ3n) is 4.61. The zero-order valence-electron chi connectivity index (χ0n) is 16.3. The smallest absolute Gasteiger partial charge is 0.148 e. The first-order chi connectivity index (χ1) is 14.5. The first kappa shape index (κ1) is 20.6. The molecule has 0 radical (unpaired) electrons. The maximum atomic E-state index is 13.9. The number of fused-ring (bicyclic) bond motifs is 1. The van der Waals surface area contributed by atoms with E-state index >= 15 is 0 Å². The topological polar surface area (TPSA) is 157 Å². The summed E-state index contributed by atoms with van der Waals surface area (Å²) in [6.07, 6.45) is 7.67. The summed E-state index contributed by atoms with van der Waals surface area (Å²) in [5.74, 6) is 5.46. The average molecular weight is 407 g/mol. The SMILES string of the molecule is CCC(C(C=Nc1ccccc1F)=NN)n1cc(C(N)=CC=N)c2c(N)ncnc21. The van der Waals surface area contributed by atoms with Gasteiger partial charge in [-0.2, -0.15) is 5.10 Å². The van der Waals surface area contributed by atoms with Crippen molar-refractivity contribution in [2.45, 2.75) is 19.4 Å². The van der Waals surface area contributed by atoms with E-state index in [9.17, 15) is 4.39 Å². The summed E-state index contributed by atoms with van der Waals surface area (Å²) < 4.78 is 15.7. The molecule has 0 saturated heterocycles. The third kappa shape index (κ3) is 3.88. The predicted molar refractivity (Wildman–Crippen MR) is 118 cm³/mol. The van der Waals surface area contributed by atoms with Gasteiger partial charge >= 0.3 is 0 Å². The van der Waals surface area contributed by atoms with E-state index in [0.29, 0.717) is 34.4 Å². The van der Waals surface area contributed by atoms with Gasteiger partial charge in [0.2, 0.25) is 0 Å². The van der Waals surface area contributed by atoms with Crippen LogP contribution >= 0.6 is 0 Å². The fourth-order valence-corrected chi connectivity index (χ4v) is 3.19. The Morgan fingerprint density at radius 3 is 2.77 bits per heavy atom. The van der Waals surface area contributed by atoms with Crippen molar-refractivity contribution in [2.75, 3.05) is 5.73 Å². The molecule has 0 aliphatic heterocycles. The molecule has 0 amide bonds. The van der Waals surface area contributed by atoms with Crippen LogP contribution in [0.1, 0.15) is 24.9 Å². The molecule has 30 heavy (non-hydrogen) atoms. The number of aromatic nitrogens is 3. The van der Waals surface area contributed by atoms with Crippen molar-refractivity contribution in [3.63, 3.8) is 0 Å². The van der Waals surface area contributed by atoms with Crippen LogP contribution in [-0.2, 0) is 0 Å². The van der Waals surface area contributed by atoms with Crippen LogP contribution in [0.5, 0.6) is 0 Å². The standard InChI is InChI=1S/C20H22FN9/c1-2-17(16(29-25)9-26-15-6-4-3-5-13(15)21)30-10-12(14(23)7-8-22)18-19(24)27-11-28-20(18)30/h3-11,17,22H,2,23,25H2,1H3,(H2,24,27,28). The van der Waals surface area contributed by atoms with E-state index in [-0.39, 0.29) is 17.5 Å². The number of nitrogens with two attached hydrogens (primary N) is 3. The summed E-state index contributed by atoms with van der Waals surface area (Å²) in [7, 11) is 0. The molecule has 0 fully saturated rings. The summed E-state index contributed by atoms with van der Waals surface area (Å²) in [6, 6.07) is 5.79. The van der Waals surface area contributed by atoms with E-state index in [0.717, 1.165) is 6.21 Å². The molecule has 1 atom stereocenters. The van der Waals surface area contributed by atoms with Crippen LogP contribution in [0.4, 0.5) is 15.9 Å². The van der Waals surface area contributed by atoms with Crippen molar-refractivity contribution in [3.05, 3.63) is 54.2 Å². The van der Waals surface area contributed by atoms with E-state index < -0.39 is 5.82 Å². The Bertz CT molecular complexity index is 1160. The molecule has 0 bridgehead atoms. The highest BCUT2D eigenvalue weighted by molar-refractivity contribution is 6.32. The lowest BCUT2D eigenvalue weighted by Gasteiger charge is -2.17. The van der Waals surface area contributed by atoms with Crippen molar-refractivity contribution in [1.29, 1.82) is 5.41 Å². The molecule has 3 rings (SSSR count). The first-order valence-corrected chi connectivity index (χ1v) is 9.15. The van der Waals surface area contributed by atoms with Gasteiger partial charge in [0.15, 0.2) is 0 Å². The number of benzene rings is 1. The molecular weight excluding hydrogens is 385 g/mol. The number of nitrogens with one attached hydrogen (secondary N) is 1. The Hall–Kier alpha value is -4.08. The fourth-order valence-electron chi connectivity index (χ4n) is 3.19. The summed E-state index contributed by atoms with van der Waals surface area (Å²) in [4.78, 5) is 12.6. The number of halogens is 1. The molecule has 1 unspecified atom stereocenters. The number of allylic oxidation sites excluding steroid dienone is 1. The zero-order chi connectivity index (χ0) is 21.7. The summed E-state index contributed by atoms with van der Waals surface area (Å²) >= 11 is 0. The minimum atomic E-state index is -0.447. The highest BCUT2D eigenvalue weighted by Crippen LogP contribution is 2.31. The van der Waals surface area contributed by atoms with Gasteiger partial charge in [-0.05, 0) is 24.6 Å². The number of rotatable bonds is 7. The molecule has 154 valence electrons. The number of hydrazone groups is 1. The second-order valence-corrected chi connectivity index (χ2v) is 6.38. The van der Waals surface area contributed by atoms with Crippen LogP contribution < -0.4 is 17.3 Å². The summed E-state index contributed by atoms with van der Waals surface area (Å²) in [6.45, 7) is 1.94. The van der Waals surface area contributed by atoms with Gasteiger partial charge in [-0.1, -0.05) is 19.1 Å². The number of para-hydroxylation sites is 1. The fraction of sp³-hybridized carbons (Fsp3) is 0.150. The number of nitrogens with zero attached hydrogens (tertiary/aromatic N) is 5. The Kier molecular flexibility index (Phi) is 6.16. The van der Waals surface area contributed by atoms with Crippen molar-refractivity contribution in [1.82, 2.24) is 14.5 Å². The minimum Gasteiger partial charge on any atom is -0.398 e. The first-order valence-electron chi connectivity index (χ1n) is 9.15. The van der Waals surface area contributed by atoms with Gasteiger partial charge in [0.05, 0.1) is 23.3 Å². The molecule has 3 aromatic rings. The molecular formula is C20H22FN9. The van der Waals surface area contributed by atoms with E-state index in [1.165, 1.54) is 24.7 Å². The molecule has 0 aliphatic rings. The van der Waals surface area contributed by atoms with Crippen LogP contribution in [0.25, 0.3) is 16.7 Å². The lowest BCUT2D eigenvalue weighted by atomic mass is 10.1. The van der Waals surface area contributed by atoms with Crippen LogP contribution in [0.3, 0.4) is 0 Å². The maximum absolute atomic E-state index is 13.9. The number of nitrogen functional groups attached to an aromatic ring is 1. The second-order valence-electron chi connectivity index (χ2n) is 6.38. The van der Waals surface area contributed by atoms with Crippen molar-refractivity contribution >= 4 is 46.4 Å². The van der Waals surface area contributed by atoms with Crippen molar-refractivity contribution < 1.29 is 4.39 Å². The average Bonchev–Trinajstić information content (AvgIpc) is 3.13. The maximum Gasteiger partial charge on any atom is 0.148 e. The molecule has 2 aromatic heterocycles. The molecule has 0 spiro atoms. The van der Waals surface area contributed by atoms with Gasteiger partial charge in [0, 0.05) is 23.7 Å². The van der Waals surface area contributed by atoms with E-state index in [4.69, 9.17) is 22.7 Å². The Morgan fingerprint density at radius 2 is 2.10 bits per heavy atom. The van der Waals surface area contributed by atoms with Crippen LogP contribution in [0.15, 0.2) is 53.0 Å². The number of aliphatic imine (C=N–C) groups is 1. The lowest BCUT2D eigenvalue weighted by Crippen LogP contribution is -2.21. The Balaban J connectivity index is 2.12. The highest BCUT2D eigenvalue weighted by Gasteiger charge is 2.22. The zero-order valence-corrected chi connectivity index (χ0v) is 16.3. The van der Waals surface area contributed by atoms with E-state index in [1.54, 1.807) is 24.4 Å². The highest BCUT2D eigenvalue weighted by atomic mass is 19.1. The number of hydrogen-bond donors (Lipinski definition) is 4. The van der Waals surface area contributed by atoms with Crippen LogP contribution in [0.2, 0.25) is 0 Å². The third-order valence-corrected chi connectivity index (χ3v) is 4.61. The van der Waals surface area contributed by atoms with Crippen molar-refractivity contribution in [2.24, 2.45) is 21.7 Å². The van der Waals surface area contributed by atoms with Gasteiger partial charge in [-0.15, -0.1) is 0 Å². The predicted octanol–water partition coefficient (Wildman–Crippen LogP) is 2.77. The van der Waals surface area contributed by atoms with Gasteiger partial charge in [0.25, 0.3) is 0 Å². The van der Waals surface area contributed by atoms with E-state index in [1.807, 2.05) is 11.5 Å². The lowest BCUT2D eigenvalue weighted by molar-refractivity contribution is 0.629. The van der Waals surface area contributed by atoms with Gasteiger partial charge < -0.3 is 27.3 Å². The van der Waals surface area contributed by atoms with Crippen LogP contribution in [-0.4, -0.2) is 32.7 Å². The number of hydrogen-bond acceptors (Lipinski definition) is 8. The largest absolute Gasteiger partial charge is 0.398 e.